The third-order valence-corrected chi connectivity index (χ3v) is 17.2. The van der Waals surface area contributed by atoms with E-state index in [0.717, 1.165) is 88.9 Å². The van der Waals surface area contributed by atoms with Gasteiger partial charge in [0.05, 0.1) is 37.8 Å². The number of nitrogens with zero attached hydrogens (tertiary/aromatic N) is 4. The van der Waals surface area contributed by atoms with Gasteiger partial charge in [0, 0.05) is 19.6 Å². The number of guanidine groups is 1. The number of amides is 9. The molecule has 0 aliphatic carbocycles. The predicted octanol–water partition coefficient (Wildman–Crippen LogP) is -1.42. The van der Waals surface area contributed by atoms with E-state index in [2.05, 4.69) is 36.4 Å². The highest BCUT2D eigenvalue weighted by atomic mass is 16.5. The van der Waals surface area contributed by atoms with Gasteiger partial charge in [0.2, 0.25) is 53.2 Å². The van der Waals surface area contributed by atoms with E-state index in [1.54, 1.807) is 0 Å². The fourth-order valence-corrected chi connectivity index (χ4v) is 11.9. The number of cyclic esters (lactones) is 1. The first-order chi connectivity index (χ1) is 45.0. The van der Waals surface area contributed by atoms with Crippen molar-refractivity contribution < 1.29 is 103 Å². The quantitative estimate of drug-likeness (QED) is 0.0159. The number of aliphatic imine (C=N–C) groups is 1. The van der Waals surface area contributed by atoms with Gasteiger partial charge in [-0.25, -0.2) is 14.4 Å². The number of aliphatic hydroxyl groups excluding tert-OH is 6. The molecular weight excluding hydrogens is 1250 g/mol. The number of hydrogen-bond donors (Lipinski definition) is 15. The number of nitrogens with one attached hydrogen (secondary N) is 5. The van der Waals surface area contributed by atoms with Gasteiger partial charge >= 0.3 is 17.9 Å². The molecule has 14 atom stereocenters. The molecule has 5 unspecified atom stereocenters. The van der Waals surface area contributed by atoms with Crippen LogP contribution < -0.4 is 38.1 Å². The molecule has 3 saturated heterocycles. The van der Waals surface area contributed by atoms with Gasteiger partial charge < -0.3 is 93.4 Å². The van der Waals surface area contributed by atoms with Crippen molar-refractivity contribution in [2.45, 2.75) is 287 Å². The summed E-state index contributed by atoms with van der Waals surface area (Å²) in [7, 11) is 0. The standard InChI is InChI=1S/C63H107N11O21/c1-6-7-8-9-10-11-15-18-21-26-40-34-46(80)74(45(79)33-39(77)25-20-17-14-12-13-16-19-24-36(2)3)49(38(5)76)56(86)67-37(4)58(88)72-31-23-28-43(72)54(84)68-41(27-22-30-66-63(64)65)53(83)70-47(51(81)60(90)91)55(85)69-42(35-75)59(89)73-32-29-44(78)50(73)57(87)71-48(62(94)95-40)52(82)61(92)93/h36-44,47-52,75-78,81-82H,6-35H2,1-5H3,(H,67,86)(H,68,84)(H,69,85)(H,70,83)(H,71,87)(H,90,91)(H,92,93)(H4,64,65,66)/t37-,38-,39?,40?,41?,42?,43+,44+,47-,48+,49?,50+,51-,52+/m1/s1. The molecule has 3 heterocycles. The molecule has 0 saturated carbocycles. The molecule has 3 aliphatic heterocycles. The van der Waals surface area contributed by atoms with E-state index in [-0.39, 0.29) is 64.0 Å². The van der Waals surface area contributed by atoms with Gasteiger partial charge in [0.1, 0.15) is 48.4 Å². The van der Waals surface area contributed by atoms with Crippen molar-refractivity contribution in [2.24, 2.45) is 22.4 Å². The molecule has 0 spiro atoms. The van der Waals surface area contributed by atoms with E-state index < -0.39 is 188 Å². The largest absolute Gasteiger partial charge is 0.479 e. The highest BCUT2D eigenvalue weighted by Gasteiger charge is 2.48. The van der Waals surface area contributed by atoms with E-state index in [1.807, 2.05) is 16.0 Å². The van der Waals surface area contributed by atoms with Crippen LogP contribution in [0, 0.1) is 5.92 Å². The van der Waals surface area contributed by atoms with Gasteiger partial charge in [0.15, 0.2) is 24.2 Å². The number of imide groups is 1. The molecule has 0 bridgehead atoms. The van der Waals surface area contributed by atoms with Crippen molar-refractivity contribution in [2.75, 3.05) is 26.2 Å². The van der Waals surface area contributed by atoms with E-state index in [9.17, 15) is 93.6 Å². The summed E-state index contributed by atoms with van der Waals surface area (Å²) in [5.74, 6) is -17.1. The summed E-state index contributed by atoms with van der Waals surface area (Å²) in [6.45, 7) is 6.55. The highest BCUT2D eigenvalue weighted by molar-refractivity contribution is 6.03. The van der Waals surface area contributed by atoms with Crippen LogP contribution in [0.1, 0.15) is 202 Å². The monoisotopic (exact) mass is 1350 g/mol. The van der Waals surface area contributed by atoms with Crippen molar-refractivity contribution in [3.05, 3.63) is 0 Å². The number of unbranched alkanes of at least 4 members (excludes halogenated alkanes) is 14. The van der Waals surface area contributed by atoms with Crippen molar-refractivity contribution in [3.8, 4) is 0 Å². The van der Waals surface area contributed by atoms with Crippen LogP contribution in [0.15, 0.2) is 4.99 Å². The summed E-state index contributed by atoms with van der Waals surface area (Å²) in [4.78, 5) is 175. The number of fused-ring (bicyclic) bond motifs is 2. The zero-order valence-corrected chi connectivity index (χ0v) is 55.7. The molecule has 0 aromatic rings. The average molecular weight is 1350 g/mol. The molecular formula is C63H107N11O21. The average Bonchev–Trinajstić information content (AvgIpc) is 1.78. The summed E-state index contributed by atoms with van der Waals surface area (Å²) in [6.07, 6.45) is -0.568. The second-order valence-electron chi connectivity index (χ2n) is 25.6. The molecule has 95 heavy (non-hydrogen) atoms. The predicted molar refractivity (Wildman–Crippen MR) is 341 cm³/mol. The Morgan fingerprint density at radius 3 is 1.75 bits per heavy atom. The summed E-state index contributed by atoms with van der Waals surface area (Å²) in [5, 5.41) is 97.3. The first kappa shape index (κ1) is 82.1. The molecule has 3 fully saturated rings. The fourth-order valence-electron chi connectivity index (χ4n) is 11.9. The normalized spacial score (nSPS) is 25.6. The molecule has 0 aromatic carbocycles. The number of carbonyl (C=O) groups is 12. The first-order valence-electron chi connectivity index (χ1n) is 33.7. The van der Waals surface area contributed by atoms with Crippen LogP contribution in [-0.4, -0.2) is 244 Å². The van der Waals surface area contributed by atoms with Crippen molar-refractivity contribution in [3.63, 3.8) is 0 Å². The van der Waals surface area contributed by atoms with E-state index in [4.69, 9.17) is 16.2 Å². The van der Waals surface area contributed by atoms with Crippen LogP contribution in [0.2, 0.25) is 0 Å². The van der Waals surface area contributed by atoms with Crippen LogP contribution >= 0.6 is 0 Å². The second kappa shape index (κ2) is 42.4. The van der Waals surface area contributed by atoms with Gasteiger partial charge in [-0.2, -0.15) is 0 Å². The molecule has 17 N–H and O–H groups in total. The van der Waals surface area contributed by atoms with E-state index in [1.165, 1.54) is 6.92 Å². The number of carboxylic acid groups (broad SMARTS) is 2. The Kier molecular flexibility index (Phi) is 36.7. The Bertz CT molecular complexity index is 2570. The number of rotatable bonds is 32. The number of hydrogen-bond acceptors (Lipinski definition) is 20. The fraction of sp³-hybridized carbons (Fsp3) is 0.794. The van der Waals surface area contributed by atoms with Gasteiger partial charge in [-0.3, -0.25) is 53.0 Å². The molecule has 0 aromatic heterocycles. The second-order valence-corrected chi connectivity index (χ2v) is 25.6. The molecule has 32 heteroatoms. The SMILES string of the molecule is CCCCCCCCCCCC1CC(=O)N(C(=O)CC(O)CCCCCCCCCC(C)C)C([C@@H](C)O)C(=O)N[C@H](C)C(=O)N2CCC[C@H]2C(=O)NC(CCCN=C(N)N)C(=O)N[C@H]([C@@H](O)C(=O)O)C(=O)NC(CO)C(=O)N2CC[C@H](O)[C@H]2C(=O)N[C@@H]([C@H](O)C(=O)O)C(=O)O1. The molecule has 3 rings (SSSR count). The lowest BCUT2D eigenvalue weighted by Gasteiger charge is -2.34. The number of carbonyl (C=O) groups excluding carboxylic acids is 10. The lowest BCUT2D eigenvalue weighted by Crippen LogP contribution is -2.64. The number of esters is 1. The maximum atomic E-state index is 15.1. The summed E-state index contributed by atoms with van der Waals surface area (Å²) < 4.78 is 5.77. The minimum atomic E-state index is -2.85. The van der Waals surface area contributed by atoms with Crippen molar-refractivity contribution in [1.29, 1.82) is 0 Å². The Labute approximate surface area is 554 Å². The topological polar surface area (TPSA) is 510 Å². The Hall–Kier alpha value is -7.13. The third-order valence-electron chi connectivity index (χ3n) is 17.2. The van der Waals surface area contributed by atoms with Gasteiger partial charge in [0.25, 0.3) is 0 Å². The van der Waals surface area contributed by atoms with E-state index >= 15 is 4.79 Å². The zero-order valence-electron chi connectivity index (χ0n) is 55.7. The summed E-state index contributed by atoms with van der Waals surface area (Å²) in [5.41, 5.74) is 10.9. The Morgan fingerprint density at radius 2 is 1.18 bits per heavy atom. The maximum Gasteiger partial charge on any atom is 0.335 e. The lowest BCUT2D eigenvalue weighted by molar-refractivity contribution is -0.167. The molecule has 0 radical (unpaired) electrons. The Morgan fingerprint density at radius 1 is 0.621 bits per heavy atom. The van der Waals surface area contributed by atoms with Crippen LogP contribution in [0.25, 0.3) is 0 Å². The zero-order chi connectivity index (χ0) is 71.1. The van der Waals surface area contributed by atoms with Gasteiger partial charge in [-0.15, -0.1) is 0 Å². The summed E-state index contributed by atoms with van der Waals surface area (Å²) in [6, 6.07) is -16.3. The number of aliphatic carboxylic acids is 2. The smallest absolute Gasteiger partial charge is 0.335 e. The number of nitrogens with two attached hydrogens (primary N) is 2. The lowest BCUT2D eigenvalue weighted by atomic mass is 10.0. The van der Waals surface area contributed by atoms with Crippen molar-refractivity contribution in [1.82, 2.24) is 41.3 Å². The van der Waals surface area contributed by atoms with Crippen LogP contribution in [0.3, 0.4) is 0 Å². The number of carboxylic acids is 2. The first-order valence-corrected chi connectivity index (χ1v) is 33.7. The minimum Gasteiger partial charge on any atom is -0.479 e. The number of ether oxygens (including phenoxy) is 1. The number of aliphatic hydroxyl groups is 6. The minimum absolute atomic E-state index is 0.0366. The third kappa shape index (κ3) is 27.1. The van der Waals surface area contributed by atoms with Crippen molar-refractivity contribution >= 4 is 77.0 Å². The molecule has 540 valence electrons. The maximum absolute atomic E-state index is 15.1. The van der Waals surface area contributed by atoms with E-state index in [0.29, 0.717) is 41.4 Å². The highest BCUT2D eigenvalue weighted by Crippen LogP contribution is 2.25. The van der Waals surface area contributed by atoms with Gasteiger partial charge in [-0.1, -0.05) is 124 Å². The van der Waals surface area contributed by atoms with Crippen LogP contribution in [-0.2, 0) is 62.3 Å². The van der Waals surface area contributed by atoms with Crippen LogP contribution in [0.4, 0.5) is 0 Å². The molecule has 3 aliphatic rings. The van der Waals surface area contributed by atoms with Gasteiger partial charge in [-0.05, 0) is 71.1 Å². The molecule has 9 amide bonds. The Balaban J connectivity index is 2.25. The molecule has 32 nitrogen and oxygen atoms in total. The summed E-state index contributed by atoms with van der Waals surface area (Å²) >= 11 is 0. The van der Waals surface area contributed by atoms with Crippen LogP contribution in [0.5, 0.6) is 0 Å².